The Bertz CT molecular complexity index is 448. The number of hydrogen-bond acceptors (Lipinski definition) is 3. The number of benzene rings is 1. The third kappa shape index (κ3) is 3.56. The summed E-state index contributed by atoms with van der Waals surface area (Å²) in [6, 6.07) is 9.94. The van der Waals surface area contributed by atoms with Crippen LogP contribution >= 0.6 is 0 Å². The molecule has 2 rings (SSSR count). The van der Waals surface area contributed by atoms with Crippen LogP contribution in [-0.4, -0.2) is 28.7 Å². The summed E-state index contributed by atoms with van der Waals surface area (Å²) in [7, 11) is 0. The summed E-state index contributed by atoms with van der Waals surface area (Å²) in [5.41, 5.74) is 1.38. The standard InChI is InChI=1S/C15H20N2O/c1-15(18)6-3-8-17(9-7-15)12-14-5-2-4-13(10-14)11-16/h2,4-5,10,18H,3,6-9,12H2,1H3. The summed E-state index contributed by atoms with van der Waals surface area (Å²) in [5, 5.41) is 18.9. The zero-order chi connectivity index (χ0) is 13.0. The molecule has 1 aliphatic rings. The number of nitrogens with zero attached hydrogens (tertiary/aromatic N) is 2. The van der Waals surface area contributed by atoms with Gasteiger partial charge in [0.15, 0.2) is 0 Å². The molecule has 0 saturated carbocycles. The lowest BCUT2D eigenvalue weighted by molar-refractivity contribution is 0.0444. The summed E-state index contributed by atoms with van der Waals surface area (Å²) in [6.45, 7) is 4.73. The van der Waals surface area contributed by atoms with Crippen LogP contribution in [0.25, 0.3) is 0 Å². The van der Waals surface area contributed by atoms with E-state index >= 15 is 0 Å². The van der Waals surface area contributed by atoms with Crippen molar-refractivity contribution in [3.8, 4) is 6.07 Å². The Morgan fingerprint density at radius 2 is 2.22 bits per heavy atom. The topological polar surface area (TPSA) is 47.3 Å². The maximum absolute atomic E-state index is 10.1. The molecule has 0 aromatic heterocycles. The number of rotatable bonds is 2. The van der Waals surface area contributed by atoms with E-state index in [9.17, 15) is 5.11 Å². The van der Waals surface area contributed by atoms with Crippen molar-refractivity contribution in [3.05, 3.63) is 35.4 Å². The van der Waals surface area contributed by atoms with Gasteiger partial charge < -0.3 is 5.11 Å². The fraction of sp³-hybridized carbons (Fsp3) is 0.533. The van der Waals surface area contributed by atoms with Crippen molar-refractivity contribution in [3.63, 3.8) is 0 Å². The molecule has 1 aliphatic heterocycles. The van der Waals surface area contributed by atoms with E-state index in [0.29, 0.717) is 5.56 Å². The molecule has 1 heterocycles. The lowest BCUT2D eigenvalue weighted by Crippen LogP contribution is -2.28. The number of hydrogen-bond donors (Lipinski definition) is 1. The summed E-state index contributed by atoms with van der Waals surface area (Å²) in [5.74, 6) is 0. The van der Waals surface area contributed by atoms with Gasteiger partial charge in [-0.05, 0) is 50.4 Å². The second-order valence-electron chi connectivity index (χ2n) is 5.44. The summed E-state index contributed by atoms with van der Waals surface area (Å²) in [4.78, 5) is 2.36. The van der Waals surface area contributed by atoms with Gasteiger partial charge in [0.05, 0.1) is 17.2 Å². The van der Waals surface area contributed by atoms with E-state index in [2.05, 4.69) is 17.0 Å². The van der Waals surface area contributed by atoms with Gasteiger partial charge in [0.2, 0.25) is 0 Å². The van der Waals surface area contributed by atoms with Crippen molar-refractivity contribution < 1.29 is 5.11 Å². The molecule has 0 bridgehead atoms. The van der Waals surface area contributed by atoms with E-state index in [-0.39, 0.29) is 0 Å². The summed E-state index contributed by atoms with van der Waals surface area (Å²) < 4.78 is 0. The monoisotopic (exact) mass is 244 g/mol. The first-order valence-corrected chi connectivity index (χ1v) is 6.53. The van der Waals surface area contributed by atoms with E-state index in [1.807, 2.05) is 25.1 Å². The smallest absolute Gasteiger partial charge is 0.0991 e. The first kappa shape index (κ1) is 13.1. The summed E-state index contributed by atoms with van der Waals surface area (Å²) >= 11 is 0. The van der Waals surface area contributed by atoms with Crippen LogP contribution < -0.4 is 0 Å². The van der Waals surface area contributed by atoms with Crippen LogP contribution in [0.15, 0.2) is 24.3 Å². The Morgan fingerprint density at radius 1 is 1.39 bits per heavy atom. The van der Waals surface area contributed by atoms with Crippen LogP contribution in [0.5, 0.6) is 0 Å². The Hall–Kier alpha value is -1.37. The minimum absolute atomic E-state index is 0.511. The van der Waals surface area contributed by atoms with Crippen molar-refractivity contribution in [1.29, 1.82) is 5.26 Å². The maximum Gasteiger partial charge on any atom is 0.0991 e. The highest BCUT2D eigenvalue weighted by Crippen LogP contribution is 2.22. The Labute approximate surface area is 109 Å². The van der Waals surface area contributed by atoms with Gasteiger partial charge in [0, 0.05) is 13.1 Å². The van der Waals surface area contributed by atoms with Gasteiger partial charge >= 0.3 is 0 Å². The molecule has 18 heavy (non-hydrogen) atoms. The SMILES string of the molecule is CC1(O)CCCN(Cc2cccc(C#N)c2)CC1. The minimum atomic E-state index is -0.511. The van der Waals surface area contributed by atoms with Gasteiger partial charge in [-0.3, -0.25) is 4.90 Å². The third-order valence-corrected chi connectivity index (χ3v) is 3.62. The molecule has 0 radical (unpaired) electrons. The lowest BCUT2D eigenvalue weighted by Gasteiger charge is -2.22. The molecule has 1 N–H and O–H groups in total. The van der Waals surface area contributed by atoms with E-state index < -0.39 is 5.60 Å². The molecule has 3 nitrogen and oxygen atoms in total. The van der Waals surface area contributed by atoms with Crippen LogP contribution in [-0.2, 0) is 6.54 Å². The molecule has 3 heteroatoms. The van der Waals surface area contributed by atoms with E-state index in [0.717, 1.165) is 38.9 Å². The van der Waals surface area contributed by atoms with Crippen molar-refractivity contribution in [2.45, 2.75) is 38.3 Å². The van der Waals surface area contributed by atoms with Crippen LogP contribution in [0.4, 0.5) is 0 Å². The van der Waals surface area contributed by atoms with Crippen LogP contribution in [0, 0.1) is 11.3 Å². The fourth-order valence-corrected chi connectivity index (χ4v) is 2.47. The maximum atomic E-state index is 10.1. The first-order valence-electron chi connectivity index (χ1n) is 6.53. The van der Waals surface area contributed by atoms with Gasteiger partial charge in [-0.2, -0.15) is 5.26 Å². The minimum Gasteiger partial charge on any atom is -0.390 e. The molecular formula is C15H20N2O. The lowest BCUT2D eigenvalue weighted by atomic mass is 9.98. The van der Waals surface area contributed by atoms with Gasteiger partial charge in [-0.15, -0.1) is 0 Å². The number of nitriles is 1. The second kappa shape index (κ2) is 5.51. The number of likely N-dealkylation sites (tertiary alicyclic amines) is 1. The average Bonchev–Trinajstić information content (AvgIpc) is 2.51. The van der Waals surface area contributed by atoms with Crippen LogP contribution in [0.2, 0.25) is 0 Å². The molecule has 1 fully saturated rings. The molecule has 0 spiro atoms. The first-order chi connectivity index (χ1) is 8.59. The zero-order valence-electron chi connectivity index (χ0n) is 10.9. The highest BCUT2D eigenvalue weighted by molar-refractivity contribution is 5.32. The largest absolute Gasteiger partial charge is 0.390 e. The van der Waals surface area contributed by atoms with E-state index in [4.69, 9.17) is 5.26 Å². The van der Waals surface area contributed by atoms with Crippen LogP contribution in [0.1, 0.15) is 37.3 Å². The molecule has 1 aromatic rings. The normalized spacial score (nSPS) is 25.4. The molecule has 1 atom stereocenters. The van der Waals surface area contributed by atoms with Crippen molar-refractivity contribution in [2.24, 2.45) is 0 Å². The quantitative estimate of drug-likeness (QED) is 0.868. The van der Waals surface area contributed by atoms with Crippen molar-refractivity contribution in [2.75, 3.05) is 13.1 Å². The Balaban J connectivity index is 1.99. The van der Waals surface area contributed by atoms with Gasteiger partial charge in [0.1, 0.15) is 0 Å². The second-order valence-corrected chi connectivity index (χ2v) is 5.44. The predicted molar refractivity (Wildman–Crippen MR) is 70.9 cm³/mol. The van der Waals surface area contributed by atoms with Crippen molar-refractivity contribution in [1.82, 2.24) is 4.90 Å². The highest BCUT2D eigenvalue weighted by Gasteiger charge is 2.24. The Morgan fingerprint density at radius 3 is 3.00 bits per heavy atom. The molecule has 1 aromatic carbocycles. The zero-order valence-corrected chi connectivity index (χ0v) is 10.9. The molecule has 96 valence electrons. The van der Waals surface area contributed by atoms with Crippen LogP contribution in [0.3, 0.4) is 0 Å². The predicted octanol–water partition coefficient (Wildman–Crippen LogP) is 2.30. The molecular weight excluding hydrogens is 224 g/mol. The van der Waals surface area contributed by atoms with E-state index in [1.54, 1.807) is 0 Å². The van der Waals surface area contributed by atoms with Gasteiger partial charge in [0.25, 0.3) is 0 Å². The molecule has 0 aliphatic carbocycles. The highest BCUT2D eigenvalue weighted by atomic mass is 16.3. The van der Waals surface area contributed by atoms with E-state index in [1.165, 1.54) is 5.56 Å². The van der Waals surface area contributed by atoms with Gasteiger partial charge in [-0.1, -0.05) is 12.1 Å². The fourth-order valence-electron chi connectivity index (χ4n) is 2.47. The molecule has 1 saturated heterocycles. The molecule has 0 amide bonds. The average molecular weight is 244 g/mol. The van der Waals surface area contributed by atoms with Crippen molar-refractivity contribution >= 4 is 0 Å². The number of aliphatic hydroxyl groups is 1. The molecule has 1 unspecified atom stereocenters. The third-order valence-electron chi connectivity index (χ3n) is 3.62. The Kier molecular flexibility index (Phi) is 4.00. The summed E-state index contributed by atoms with van der Waals surface area (Å²) in [6.07, 6.45) is 2.73. The van der Waals surface area contributed by atoms with Gasteiger partial charge in [-0.25, -0.2) is 0 Å².